The summed E-state index contributed by atoms with van der Waals surface area (Å²) in [7, 11) is 1.45. The molecule has 0 aromatic heterocycles. The van der Waals surface area contributed by atoms with Crippen molar-refractivity contribution < 1.29 is 23.8 Å². The fourth-order valence-corrected chi connectivity index (χ4v) is 4.75. The van der Waals surface area contributed by atoms with Gasteiger partial charge in [-0.15, -0.1) is 0 Å². The maximum absolute atomic E-state index is 13.0. The second-order valence-corrected chi connectivity index (χ2v) is 9.68. The smallest absolute Gasteiger partial charge is 0.346 e. The molecule has 0 unspecified atom stereocenters. The molecule has 34 heavy (non-hydrogen) atoms. The minimum Gasteiger partial charge on any atom is -0.495 e. The Kier molecular flexibility index (Phi) is 7.26. The maximum Gasteiger partial charge on any atom is 0.346 e. The normalized spacial score (nSPS) is 15.3. The molecular weight excluding hydrogens is 428 g/mol. The Morgan fingerprint density at radius 1 is 1.21 bits per heavy atom. The molecule has 1 heterocycles. The predicted octanol–water partition coefficient (Wildman–Crippen LogP) is 6.63. The fourth-order valence-electron chi connectivity index (χ4n) is 4.75. The fraction of sp³-hybridized carbons (Fsp3) is 0.448. The van der Waals surface area contributed by atoms with E-state index in [9.17, 15) is 9.59 Å². The van der Waals surface area contributed by atoms with Gasteiger partial charge >= 0.3 is 5.97 Å². The predicted molar refractivity (Wildman–Crippen MR) is 131 cm³/mol. The molecule has 2 aliphatic rings. The molecular formula is C29H32O5. The molecule has 1 saturated carbocycles. The van der Waals surface area contributed by atoms with Crippen LogP contribution in [0, 0.1) is 30.6 Å². The molecule has 1 aliphatic heterocycles. The number of carbonyl (C=O) groups is 2. The van der Waals surface area contributed by atoms with Crippen LogP contribution in [0.2, 0.25) is 0 Å². The molecule has 2 aromatic carbocycles. The van der Waals surface area contributed by atoms with Crippen molar-refractivity contribution in [3.8, 4) is 29.1 Å². The van der Waals surface area contributed by atoms with Crippen LogP contribution >= 0.6 is 0 Å². The van der Waals surface area contributed by atoms with E-state index < -0.39 is 5.97 Å². The molecule has 0 spiro atoms. The molecule has 1 aliphatic carbocycles. The standard InChI is InChI=1S/C29H32O5/c1-18(2)14-24(30)23-12-13-25-26(28(23)32-4)29(31)33-17-22-16-19(3)15-21(27(22)34-25)11-7-10-20-8-5-6-9-20/h12-13,15-16,18,20H,5-6,8-10,14,17H2,1-4H3. The van der Waals surface area contributed by atoms with Crippen LogP contribution in [0.1, 0.15) is 89.8 Å². The third-order valence-electron chi connectivity index (χ3n) is 6.39. The number of esters is 1. The number of cyclic esters (lactones) is 1. The summed E-state index contributed by atoms with van der Waals surface area (Å²) < 4.78 is 17.5. The van der Waals surface area contributed by atoms with E-state index in [1.807, 2.05) is 32.9 Å². The van der Waals surface area contributed by atoms with Gasteiger partial charge in [0.2, 0.25) is 0 Å². The van der Waals surface area contributed by atoms with Crippen LogP contribution in [-0.4, -0.2) is 18.9 Å². The van der Waals surface area contributed by atoms with Gasteiger partial charge in [-0.25, -0.2) is 4.79 Å². The third-order valence-corrected chi connectivity index (χ3v) is 6.39. The monoisotopic (exact) mass is 460 g/mol. The van der Waals surface area contributed by atoms with E-state index in [2.05, 4.69) is 11.8 Å². The molecule has 0 atom stereocenters. The van der Waals surface area contributed by atoms with Gasteiger partial charge < -0.3 is 14.2 Å². The first-order valence-electron chi connectivity index (χ1n) is 12.1. The number of carbonyl (C=O) groups excluding carboxylic acids is 2. The molecule has 0 N–H and O–H groups in total. The molecule has 0 amide bonds. The number of methoxy groups -OCH3 is 1. The minimum atomic E-state index is -0.577. The van der Waals surface area contributed by atoms with E-state index >= 15 is 0 Å². The van der Waals surface area contributed by atoms with Crippen molar-refractivity contribution in [2.24, 2.45) is 11.8 Å². The number of benzene rings is 2. The van der Waals surface area contributed by atoms with Gasteiger partial charge in [0.15, 0.2) is 5.78 Å². The Balaban J connectivity index is 1.75. The van der Waals surface area contributed by atoms with Gasteiger partial charge in [0, 0.05) is 18.4 Å². The van der Waals surface area contributed by atoms with Crippen LogP contribution in [0.4, 0.5) is 0 Å². The van der Waals surface area contributed by atoms with Crippen LogP contribution in [-0.2, 0) is 11.3 Å². The number of aryl methyl sites for hydroxylation is 1. The summed E-state index contributed by atoms with van der Waals surface area (Å²) in [4.78, 5) is 25.8. The van der Waals surface area contributed by atoms with E-state index in [4.69, 9.17) is 14.2 Å². The van der Waals surface area contributed by atoms with Crippen LogP contribution < -0.4 is 9.47 Å². The van der Waals surface area contributed by atoms with Gasteiger partial charge in [-0.2, -0.15) is 0 Å². The third kappa shape index (κ3) is 5.12. The van der Waals surface area contributed by atoms with Crippen molar-refractivity contribution in [3.05, 3.63) is 52.1 Å². The first-order chi connectivity index (χ1) is 16.4. The molecule has 5 heteroatoms. The van der Waals surface area contributed by atoms with Crippen molar-refractivity contribution in [2.45, 2.75) is 65.9 Å². The Morgan fingerprint density at radius 2 is 1.97 bits per heavy atom. The number of ether oxygens (including phenoxy) is 3. The maximum atomic E-state index is 13.0. The van der Waals surface area contributed by atoms with Gasteiger partial charge in [-0.3, -0.25) is 4.79 Å². The summed E-state index contributed by atoms with van der Waals surface area (Å²) in [6.07, 6.45) is 6.31. The highest BCUT2D eigenvalue weighted by atomic mass is 16.5. The number of hydrogen-bond acceptors (Lipinski definition) is 5. The lowest BCUT2D eigenvalue weighted by Gasteiger charge is -2.22. The highest BCUT2D eigenvalue weighted by Crippen LogP contribution is 2.41. The summed E-state index contributed by atoms with van der Waals surface area (Å²) in [5.74, 6) is 7.93. The van der Waals surface area contributed by atoms with Crippen molar-refractivity contribution in [1.82, 2.24) is 0 Å². The Bertz CT molecular complexity index is 1160. The van der Waals surface area contributed by atoms with Gasteiger partial charge in [0.05, 0.1) is 18.2 Å². The lowest BCUT2D eigenvalue weighted by molar-refractivity contribution is 0.0455. The summed E-state index contributed by atoms with van der Waals surface area (Å²) in [5.41, 5.74) is 3.06. The minimum absolute atomic E-state index is 0.0555. The number of rotatable bonds is 5. The summed E-state index contributed by atoms with van der Waals surface area (Å²) in [6, 6.07) is 7.27. The first-order valence-corrected chi connectivity index (χ1v) is 12.1. The van der Waals surface area contributed by atoms with Crippen molar-refractivity contribution in [3.63, 3.8) is 0 Å². The van der Waals surface area contributed by atoms with Gasteiger partial charge in [0.25, 0.3) is 0 Å². The zero-order valence-corrected chi connectivity index (χ0v) is 20.5. The van der Waals surface area contributed by atoms with Crippen LogP contribution in [0.3, 0.4) is 0 Å². The zero-order valence-electron chi connectivity index (χ0n) is 20.5. The number of Topliss-reactive ketones (excluding diaryl/α,β-unsaturated/α-hetero) is 1. The quantitative estimate of drug-likeness (QED) is 0.285. The SMILES string of the molecule is COc1c(C(=O)CC(C)C)ccc2c1C(=O)OCc1cc(C)cc(C#CCC3CCCC3)c1O2. The zero-order chi connectivity index (χ0) is 24.2. The second kappa shape index (κ2) is 10.3. The van der Waals surface area contributed by atoms with Crippen LogP contribution in [0.25, 0.3) is 0 Å². The van der Waals surface area contributed by atoms with Gasteiger partial charge in [-0.05, 0) is 61.4 Å². The lowest BCUT2D eigenvalue weighted by atomic mass is 9.97. The Hall–Kier alpha value is -3.26. The average molecular weight is 461 g/mol. The largest absolute Gasteiger partial charge is 0.495 e. The molecule has 178 valence electrons. The highest BCUT2D eigenvalue weighted by molar-refractivity contribution is 6.05. The summed E-state index contributed by atoms with van der Waals surface area (Å²) >= 11 is 0. The second-order valence-electron chi connectivity index (χ2n) is 9.68. The van der Waals surface area contributed by atoms with Gasteiger partial charge in [-0.1, -0.05) is 38.5 Å². The van der Waals surface area contributed by atoms with Crippen molar-refractivity contribution >= 4 is 11.8 Å². The average Bonchev–Trinajstić information content (AvgIpc) is 3.30. The van der Waals surface area contributed by atoms with Crippen LogP contribution in [0.15, 0.2) is 24.3 Å². The molecule has 1 fully saturated rings. The van der Waals surface area contributed by atoms with Crippen LogP contribution in [0.5, 0.6) is 17.2 Å². The van der Waals surface area contributed by atoms with E-state index in [0.717, 1.165) is 23.1 Å². The highest BCUT2D eigenvalue weighted by Gasteiger charge is 2.29. The number of fused-ring (bicyclic) bond motifs is 2. The van der Waals surface area contributed by atoms with E-state index in [1.165, 1.54) is 32.8 Å². The topological polar surface area (TPSA) is 61.8 Å². The Morgan fingerprint density at radius 3 is 2.68 bits per heavy atom. The first kappa shape index (κ1) is 23.9. The van der Waals surface area contributed by atoms with E-state index in [1.54, 1.807) is 12.1 Å². The number of ketones is 1. The molecule has 0 radical (unpaired) electrons. The van der Waals surface area contributed by atoms with E-state index in [-0.39, 0.29) is 29.6 Å². The Labute approximate surface area is 201 Å². The molecule has 5 nitrogen and oxygen atoms in total. The van der Waals surface area contributed by atoms with Crippen molar-refractivity contribution in [2.75, 3.05) is 7.11 Å². The van der Waals surface area contributed by atoms with E-state index in [0.29, 0.717) is 29.4 Å². The molecule has 0 saturated heterocycles. The van der Waals surface area contributed by atoms with Crippen molar-refractivity contribution in [1.29, 1.82) is 0 Å². The van der Waals surface area contributed by atoms with Gasteiger partial charge in [0.1, 0.15) is 29.4 Å². The summed E-state index contributed by atoms with van der Waals surface area (Å²) in [6.45, 7) is 6.00. The lowest BCUT2D eigenvalue weighted by Crippen LogP contribution is -2.16. The number of hydrogen-bond donors (Lipinski definition) is 0. The molecule has 2 aromatic rings. The molecule has 4 rings (SSSR count). The summed E-state index contributed by atoms with van der Waals surface area (Å²) in [5, 5.41) is 0. The molecule has 0 bridgehead atoms.